The van der Waals surface area contributed by atoms with E-state index in [1.54, 1.807) is 19.1 Å². The van der Waals surface area contributed by atoms with Gasteiger partial charge in [-0.05, 0) is 24.6 Å². The molecule has 0 atom stereocenters. The molecule has 1 rings (SSSR count). The van der Waals surface area contributed by atoms with Gasteiger partial charge in [-0.15, -0.1) is 0 Å². The second-order valence-electron chi connectivity index (χ2n) is 3.58. The van der Waals surface area contributed by atoms with Crippen LogP contribution in [0.5, 0.6) is 11.5 Å². The van der Waals surface area contributed by atoms with E-state index >= 15 is 0 Å². The van der Waals surface area contributed by atoms with Gasteiger partial charge in [0.15, 0.2) is 0 Å². The van der Waals surface area contributed by atoms with E-state index in [4.69, 9.17) is 49.0 Å². The number of phenolic OH excluding ortho intramolecular Hbond substituents is 2. The van der Waals surface area contributed by atoms with Crippen molar-refractivity contribution in [1.29, 1.82) is 0 Å². The Bertz CT molecular complexity index is 553. The van der Waals surface area contributed by atoms with Crippen molar-refractivity contribution in [2.75, 3.05) is 0 Å². The predicted octanol–water partition coefficient (Wildman–Crippen LogP) is -4.79. The van der Waals surface area contributed by atoms with E-state index in [-0.39, 0.29) is 46.5 Å². The van der Waals surface area contributed by atoms with Crippen molar-refractivity contribution >= 4 is 23.5 Å². The molecule has 25 heavy (non-hydrogen) atoms. The maximum atomic E-state index is 9.63. The SMILES string of the molecule is Cc1cc(O)cc(O)c1.O.O=P(O)(O)OP(=O)(O)O.O=P([O-])(O)O.[Na+]. The molecule has 0 amide bonds. The second kappa shape index (κ2) is 13.3. The molecule has 1 aromatic carbocycles. The number of hydrogen-bond acceptors (Lipinski definition) is 7. The Labute approximate surface area is 163 Å². The molecule has 0 heterocycles. The second-order valence-corrected chi connectivity index (χ2v) is 7.18. The number of phosphoric acid groups is 3. The molecule has 0 bridgehead atoms. The summed E-state index contributed by atoms with van der Waals surface area (Å²) in [6.45, 7) is 1.80. The quantitative estimate of drug-likeness (QED) is 0.159. The topological polar surface area (TPSA) is 277 Å². The normalized spacial score (nSPS) is 10.7. The third kappa shape index (κ3) is 36.0. The summed E-state index contributed by atoms with van der Waals surface area (Å²) in [5, 5.41) is 17.7. The molecule has 10 N–H and O–H groups in total. The predicted molar refractivity (Wildman–Crippen MR) is 75.3 cm³/mol. The van der Waals surface area contributed by atoms with E-state index in [9.17, 15) is 9.13 Å². The van der Waals surface area contributed by atoms with E-state index in [1.165, 1.54) is 6.07 Å². The summed E-state index contributed by atoms with van der Waals surface area (Å²) in [6.07, 6.45) is 0. The molecule has 0 saturated heterocycles. The van der Waals surface area contributed by atoms with Crippen LogP contribution < -0.4 is 34.5 Å². The van der Waals surface area contributed by atoms with Gasteiger partial charge in [-0.1, -0.05) is 0 Å². The van der Waals surface area contributed by atoms with Gasteiger partial charge in [0.1, 0.15) is 11.5 Å². The summed E-state index contributed by atoms with van der Waals surface area (Å²) < 4.78 is 31.0. The summed E-state index contributed by atoms with van der Waals surface area (Å²) in [5.74, 6) is 0.208. The van der Waals surface area contributed by atoms with E-state index < -0.39 is 23.5 Å². The summed E-state index contributed by atoms with van der Waals surface area (Å²) in [6, 6.07) is 4.46. The molecule has 0 fully saturated rings. The van der Waals surface area contributed by atoms with Gasteiger partial charge in [-0.3, -0.25) is 4.57 Å². The standard InChI is InChI=1S/C7H8O2.Na.H4O7P2.H3O4P.H2O/c1-5-2-6(8)4-7(9)3-5;;1-8(2,3)7-9(4,5)6;1-5(2,3)4;/h2-4,8-9H,1H3;;(H2,1,2,3)(H2,4,5,6);(H3,1,2,3,4);1H2/q;+1;;;/p-1. The van der Waals surface area contributed by atoms with Crippen molar-refractivity contribution in [3.63, 3.8) is 0 Å². The summed E-state index contributed by atoms with van der Waals surface area (Å²) in [7, 11) is -15.0. The van der Waals surface area contributed by atoms with Gasteiger partial charge in [0, 0.05) is 6.07 Å². The summed E-state index contributed by atoms with van der Waals surface area (Å²) >= 11 is 0. The molecule has 0 radical (unpaired) electrons. The maximum absolute atomic E-state index is 9.63. The zero-order valence-corrected chi connectivity index (χ0v) is 17.4. The van der Waals surface area contributed by atoms with Crippen molar-refractivity contribution in [1.82, 2.24) is 0 Å². The zero-order chi connectivity index (χ0) is 19.1. The van der Waals surface area contributed by atoms with Gasteiger partial charge in [-0.25, -0.2) is 9.13 Å². The monoisotopic (exact) mass is 440 g/mol. The number of aryl methyl sites for hydroxylation is 1. The van der Waals surface area contributed by atoms with Crippen LogP contribution in [0.2, 0.25) is 0 Å². The van der Waals surface area contributed by atoms with Crippen molar-refractivity contribution in [3.8, 4) is 11.5 Å². The minimum Gasteiger partial charge on any atom is -0.756 e. The van der Waals surface area contributed by atoms with E-state index in [0.29, 0.717) is 0 Å². The first-order chi connectivity index (χ1) is 9.89. The average Bonchev–Trinajstić information content (AvgIpc) is 2.04. The fourth-order valence-electron chi connectivity index (χ4n) is 0.882. The Balaban J connectivity index is -0.000000133. The van der Waals surface area contributed by atoms with Gasteiger partial charge >= 0.3 is 45.2 Å². The Hall–Kier alpha value is 0.150. The number of hydrogen-bond donors (Lipinski definition) is 8. The zero-order valence-electron chi connectivity index (χ0n) is 12.7. The molecule has 0 aromatic heterocycles. The molecule has 0 saturated carbocycles. The number of rotatable bonds is 2. The van der Waals surface area contributed by atoms with E-state index in [2.05, 4.69) is 4.31 Å². The first-order valence-electron chi connectivity index (χ1n) is 4.97. The smallest absolute Gasteiger partial charge is 0.756 e. The first-order valence-corrected chi connectivity index (χ1v) is 9.57. The Morgan fingerprint density at radius 3 is 1.20 bits per heavy atom. The molecular weight excluding hydrogens is 424 g/mol. The third-order valence-corrected chi connectivity index (χ3v) is 2.96. The molecule has 0 spiro atoms. The summed E-state index contributed by atoms with van der Waals surface area (Å²) in [5.41, 5.74) is 0.854. The Morgan fingerprint density at radius 1 is 0.840 bits per heavy atom. The average molecular weight is 440 g/mol. The molecule has 0 aliphatic carbocycles. The molecular formula is C7H16NaO14P3. The molecule has 0 aliphatic heterocycles. The van der Waals surface area contributed by atoms with Crippen molar-refractivity contribution in [2.24, 2.45) is 0 Å². The number of aromatic hydroxyl groups is 2. The molecule has 0 unspecified atom stereocenters. The maximum Gasteiger partial charge on any atom is 1.00 e. The van der Waals surface area contributed by atoms with Gasteiger partial charge in [0.2, 0.25) is 0 Å². The van der Waals surface area contributed by atoms with Gasteiger partial charge in [0.25, 0.3) is 7.82 Å². The fourth-order valence-corrected chi connectivity index (χ4v) is 1.99. The molecule has 18 heteroatoms. The minimum atomic E-state index is -5.05. The van der Waals surface area contributed by atoms with Gasteiger partial charge in [-0.2, -0.15) is 4.31 Å². The van der Waals surface area contributed by atoms with Crippen LogP contribution in [-0.4, -0.2) is 45.0 Å². The van der Waals surface area contributed by atoms with Crippen LogP contribution in [0.3, 0.4) is 0 Å². The third-order valence-electron chi connectivity index (χ3n) is 1.26. The van der Waals surface area contributed by atoms with Crippen LogP contribution in [0.15, 0.2) is 18.2 Å². The van der Waals surface area contributed by atoms with E-state index in [1.807, 2.05) is 0 Å². The largest absolute Gasteiger partial charge is 1.00 e. The van der Waals surface area contributed by atoms with Crippen LogP contribution in [0, 0.1) is 6.92 Å². The number of benzene rings is 1. The van der Waals surface area contributed by atoms with Crippen LogP contribution in [0.25, 0.3) is 0 Å². The fraction of sp³-hybridized carbons (Fsp3) is 0.143. The summed E-state index contributed by atoms with van der Waals surface area (Å²) in [4.78, 5) is 53.9. The molecule has 14 nitrogen and oxygen atoms in total. The van der Waals surface area contributed by atoms with Gasteiger partial charge in [0.05, 0.1) is 0 Å². The van der Waals surface area contributed by atoms with Crippen LogP contribution >= 0.6 is 23.5 Å². The Kier molecular flexibility index (Phi) is 17.5. The molecule has 0 aliphatic rings. The Morgan fingerprint density at radius 2 is 1.08 bits per heavy atom. The number of phenols is 2. The minimum absolute atomic E-state index is 0. The van der Waals surface area contributed by atoms with Crippen molar-refractivity contribution in [3.05, 3.63) is 23.8 Å². The van der Waals surface area contributed by atoms with Crippen LogP contribution in [-0.2, 0) is 18.0 Å². The van der Waals surface area contributed by atoms with Crippen molar-refractivity contribution in [2.45, 2.75) is 6.92 Å². The molecule has 1 aromatic rings. The van der Waals surface area contributed by atoms with Crippen LogP contribution in [0.4, 0.5) is 0 Å². The van der Waals surface area contributed by atoms with Crippen LogP contribution in [0.1, 0.15) is 5.56 Å². The van der Waals surface area contributed by atoms with Gasteiger partial charge < -0.3 is 49.9 Å². The molecule has 144 valence electrons. The van der Waals surface area contributed by atoms with Crippen molar-refractivity contribution < 1.29 is 97.5 Å². The van der Waals surface area contributed by atoms with E-state index in [0.717, 1.165) is 5.56 Å². The first kappa shape index (κ1) is 32.8.